The zero-order chi connectivity index (χ0) is 13.7. The smallest absolute Gasteiger partial charge is 0.124 e. The van der Waals surface area contributed by atoms with Crippen molar-refractivity contribution in [2.75, 3.05) is 18.0 Å². The van der Waals surface area contributed by atoms with E-state index in [1.807, 2.05) is 12.1 Å². The number of pyridine rings is 1. The Bertz CT molecular complexity index is 392. The van der Waals surface area contributed by atoms with E-state index < -0.39 is 0 Å². The van der Waals surface area contributed by atoms with Crippen LogP contribution in [0.25, 0.3) is 0 Å². The van der Waals surface area contributed by atoms with E-state index >= 15 is 0 Å². The Morgan fingerprint density at radius 3 is 2.28 bits per heavy atom. The Hall–Kier alpha value is -1.16. The molecule has 0 fully saturated rings. The first-order chi connectivity index (χ1) is 8.41. The summed E-state index contributed by atoms with van der Waals surface area (Å²) in [5, 5.41) is 0. The molecule has 1 rings (SSSR count). The van der Waals surface area contributed by atoms with Crippen LogP contribution < -0.4 is 10.6 Å². The predicted octanol–water partition coefficient (Wildman–Crippen LogP) is 2.83. The molecule has 0 atom stereocenters. The maximum atomic E-state index is 5.76. The van der Waals surface area contributed by atoms with Crippen molar-refractivity contribution in [2.45, 2.75) is 27.7 Å². The number of aromatic nitrogens is 1. The summed E-state index contributed by atoms with van der Waals surface area (Å²) in [4.78, 5) is 7.00. The first kappa shape index (κ1) is 14.9. The summed E-state index contributed by atoms with van der Waals surface area (Å²) < 4.78 is 0. The van der Waals surface area contributed by atoms with Crippen LogP contribution >= 0.6 is 12.2 Å². The predicted molar refractivity (Wildman–Crippen MR) is 82.0 cm³/mol. The quantitative estimate of drug-likeness (QED) is 0.803. The summed E-state index contributed by atoms with van der Waals surface area (Å²) in [5.74, 6) is 1.17. The number of nitrogens with zero attached hydrogens (tertiary/aromatic N) is 2. The highest BCUT2D eigenvalue weighted by atomic mass is 32.1. The van der Waals surface area contributed by atoms with E-state index in [2.05, 4.69) is 37.6 Å². The number of nitrogens with two attached hydrogens (primary N) is 1. The molecule has 0 saturated heterocycles. The number of thiocarbonyl (C=S) groups is 1. The molecule has 0 radical (unpaired) electrons. The van der Waals surface area contributed by atoms with Gasteiger partial charge in [0.2, 0.25) is 0 Å². The zero-order valence-corrected chi connectivity index (χ0v) is 12.5. The lowest BCUT2D eigenvalue weighted by atomic mass is 10.1. The number of hydrogen-bond donors (Lipinski definition) is 1. The van der Waals surface area contributed by atoms with Gasteiger partial charge in [-0.05, 0) is 24.0 Å². The average molecular weight is 265 g/mol. The van der Waals surface area contributed by atoms with E-state index in [0.717, 1.165) is 24.5 Å². The van der Waals surface area contributed by atoms with E-state index in [0.29, 0.717) is 16.8 Å². The van der Waals surface area contributed by atoms with Crippen LogP contribution in [0.5, 0.6) is 0 Å². The van der Waals surface area contributed by atoms with Gasteiger partial charge in [-0.25, -0.2) is 0 Å². The molecule has 1 aromatic rings. The van der Waals surface area contributed by atoms with E-state index in [1.165, 1.54) is 0 Å². The second-order valence-corrected chi connectivity index (χ2v) is 5.87. The minimum absolute atomic E-state index is 0.364. The summed E-state index contributed by atoms with van der Waals surface area (Å²) in [6, 6.07) is 3.98. The van der Waals surface area contributed by atoms with Crippen LogP contribution in [-0.4, -0.2) is 23.1 Å². The Morgan fingerprint density at radius 1 is 1.28 bits per heavy atom. The minimum Gasteiger partial charge on any atom is -0.388 e. The molecule has 0 aliphatic rings. The van der Waals surface area contributed by atoms with Gasteiger partial charge in [0, 0.05) is 19.3 Å². The van der Waals surface area contributed by atoms with E-state index in [-0.39, 0.29) is 0 Å². The van der Waals surface area contributed by atoms with Gasteiger partial charge in [-0.3, -0.25) is 4.98 Å². The fraction of sp³-hybridized carbons (Fsp3) is 0.571. The first-order valence-corrected chi connectivity index (χ1v) is 6.82. The van der Waals surface area contributed by atoms with Crippen molar-refractivity contribution in [3.05, 3.63) is 24.0 Å². The molecule has 0 unspecified atom stereocenters. The van der Waals surface area contributed by atoms with E-state index in [4.69, 9.17) is 18.0 Å². The van der Waals surface area contributed by atoms with Gasteiger partial charge in [-0.15, -0.1) is 0 Å². The van der Waals surface area contributed by atoms with Gasteiger partial charge in [0.05, 0.1) is 5.69 Å². The van der Waals surface area contributed by atoms with Gasteiger partial charge in [-0.2, -0.15) is 0 Å². The van der Waals surface area contributed by atoms with Crippen LogP contribution in [0.4, 0.5) is 5.69 Å². The number of hydrogen-bond acceptors (Lipinski definition) is 3. The van der Waals surface area contributed by atoms with Crippen LogP contribution in [-0.2, 0) is 0 Å². The molecule has 0 aliphatic carbocycles. The van der Waals surface area contributed by atoms with Crippen LogP contribution in [0.1, 0.15) is 33.4 Å². The molecule has 0 saturated carbocycles. The monoisotopic (exact) mass is 265 g/mol. The second kappa shape index (κ2) is 6.69. The highest BCUT2D eigenvalue weighted by Gasteiger charge is 2.15. The fourth-order valence-corrected chi connectivity index (χ4v) is 2.15. The normalized spacial score (nSPS) is 11.0. The number of rotatable bonds is 6. The Kier molecular flexibility index (Phi) is 5.54. The average Bonchev–Trinajstić information content (AvgIpc) is 2.26. The molecule has 18 heavy (non-hydrogen) atoms. The highest BCUT2D eigenvalue weighted by Crippen LogP contribution is 2.20. The Morgan fingerprint density at radius 2 is 1.83 bits per heavy atom. The third kappa shape index (κ3) is 4.26. The van der Waals surface area contributed by atoms with Crippen molar-refractivity contribution >= 4 is 22.9 Å². The fourth-order valence-electron chi connectivity index (χ4n) is 1.99. The van der Waals surface area contributed by atoms with E-state index in [9.17, 15) is 0 Å². The van der Waals surface area contributed by atoms with Crippen LogP contribution in [0.2, 0.25) is 0 Å². The van der Waals surface area contributed by atoms with Gasteiger partial charge < -0.3 is 10.6 Å². The standard InChI is InChI=1S/C14H23N3S/c1-10(2)8-17(9-11(3)4)12-6-5-7-16-13(12)14(15)18/h5-7,10-11H,8-9H2,1-4H3,(H2,15,18). The van der Waals surface area contributed by atoms with Gasteiger partial charge in [0.1, 0.15) is 10.7 Å². The maximum absolute atomic E-state index is 5.76. The van der Waals surface area contributed by atoms with Gasteiger partial charge in [0.25, 0.3) is 0 Å². The molecular formula is C14H23N3S. The van der Waals surface area contributed by atoms with E-state index in [1.54, 1.807) is 6.20 Å². The summed E-state index contributed by atoms with van der Waals surface area (Å²) in [7, 11) is 0. The van der Waals surface area contributed by atoms with Crippen LogP contribution in [0, 0.1) is 11.8 Å². The molecule has 0 aliphatic heterocycles. The van der Waals surface area contributed by atoms with Crippen molar-refractivity contribution in [1.82, 2.24) is 4.98 Å². The molecule has 4 heteroatoms. The minimum atomic E-state index is 0.364. The molecular weight excluding hydrogens is 242 g/mol. The summed E-state index contributed by atoms with van der Waals surface area (Å²) in [6.07, 6.45) is 1.74. The largest absolute Gasteiger partial charge is 0.388 e. The first-order valence-electron chi connectivity index (χ1n) is 6.41. The van der Waals surface area contributed by atoms with Crippen LogP contribution in [0.15, 0.2) is 18.3 Å². The van der Waals surface area contributed by atoms with Crippen molar-refractivity contribution in [3.8, 4) is 0 Å². The van der Waals surface area contributed by atoms with Crippen LogP contribution in [0.3, 0.4) is 0 Å². The Labute approximate surface area is 115 Å². The lowest BCUT2D eigenvalue weighted by molar-refractivity contribution is 0.552. The molecule has 0 amide bonds. The van der Waals surface area contributed by atoms with Gasteiger partial charge in [-0.1, -0.05) is 39.9 Å². The lowest BCUT2D eigenvalue weighted by Crippen LogP contribution is -2.33. The van der Waals surface area contributed by atoms with Crippen molar-refractivity contribution in [2.24, 2.45) is 17.6 Å². The Balaban J connectivity index is 3.07. The molecule has 0 bridgehead atoms. The van der Waals surface area contributed by atoms with Crippen molar-refractivity contribution in [3.63, 3.8) is 0 Å². The molecule has 100 valence electrons. The summed E-state index contributed by atoms with van der Waals surface area (Å²) in [5.41, 5.74) is 7.54. The highest BCUT2D eigenvalue weighted by molar-refractivity contribution is 7.80. The molecule has 1 heterocycles. The topological polar surface area (TPSA) is 42.2 Å². The maximum Gasteiger partial charge on any atom is 0.124 e. The molecule has 2 N–H and O–H groups in total. The van der Waals surface area contributed by atoms with Gasteiger partial charge >= 0.3 is 0 Å². The van der Waals surface area contributed by atoms with Crippen molar-refractivity contribution < 1.29 is 0 Å². The third-order valence-electron chi connectivity index (χ3n) is 2.53. The lowest BCUT2D eigenvalue weighted by Gasteiger charge is -2.29. The molecule has 0 spiro atoms. The SMILES string of the molecule is CC(C)CN(CC(C)C)c1cccnc1C(N)=S. The van der Waals surface area contributed by atoms with Gasteiger partial charge in [0.15, 0.2) is 0 Å². The molecule has 3 nitrogen and oxygen atoms in total. The summed E-state index contributed by atoms with van der Waals surface area (Å²) in [6.45, 7) is 10.8. The van der Waals surface area contributed by atoms with Crippen molar-refractivity contribution in [1.29, 1.82) is 0 Å². The number of anilines is 1. The third-order valence-corrected chi connectivity index (χ3v) is 2.72. The zero-order valence-electron chi connectivity index (χ0n) is 11.7. The second-order valence-electron chi connectivity index (χ2n) is 5.43. The summed E-state index contributed by atoms with van der Waals surface area (Å²) >= 11 is 5.08. The molecule has 0 aromatic carbocycles. The molecule has 1 aromatic heterocycles.